The number of ether oxygens (including phenoxy) is 2. The Hall–Kier alpha value is -3.40. The van der Waals surface area contributed by atoms with E-state index >= 15 is 0 Å². The molecule has 10 heteroatoms. The number of rotatable bonds is 5. The molecule has 0 bridgehead atoms. The number of likely N-dealkylation sites (tertiary alicyclic amines) is 1. The minimum Gasteiger partial charge on any atom is -0.457 e. The number of thiazole rings is 1. The summed E-state index contributed by atoms with van der Waals surface area (Å²) >= 11 is 1.56. The number of hydrogen-bond donors (Lipinski definition) is 2. The first-order valence-corrected chi connectivity index (χ1v) is 12.0. The predicted octanol–water partition coefficient (Wildman–Crippen LogP) is 4.63. The van der Waals surface area contributed by atoms with Crippen molar-refractivity contribution in [3.63, 3.8) is 0 Å². The highest BCUT2D eigenvalue weighted by Crippen LogP contribution is 2.32. The van der Waals surface area contributed by atoms with Crippen molar-refractivity contribution in [3.05, 3.63) is 42.2 Å². The van der Waals surface area contributed by atoms with Gasteiger partial charge in [0.2, 0.25) is 0 Å². The fourth-order valence-corrected chi connectivity index (χ4v) is 4.63. The molecule has 9 nitrogen and oxygen atoms in total. The van der Waals surface area contributed by atoms with Crippen LogP contribution >= 0.6 is 11.3 Å². The highest BCUT2D eigenvalue weighted by molar-refractivity contribution is 7.22. The second-order valence-corrected chi connectivity index (χ2v) is 10.2. The van der Waals surface area contributed by atoms with E-state index < -0.39 is 5.60 Å². The van der Waals surface area contributed by atoms with Gasteiger partial charge < -0.3 is 25.4 Å². The Morgan fingerprint density at radius 3 is 2.82 bits per heavy atom. The molecule has 3 heterocycles. The van der Waals surface area contributed by atoms with Gasteiger partial charge in [-0.05, 0) is 51.8 Å². The van der Waals surface area contributed by atoms with E-state index in [1.807, 2.05) is 39.0 Å². The lowest BCUT2D eigenvalue weighted by Crippen LogP contribution is -2.46. The van der Waals surface area contributed by atoms with Crippen LogP contribution < -0.4 is 15.8 Å². The van der Waals surface area contributed by atoms with E-state index in [0.29, 0.717) is 36.1 Å². The summed E-state index contributed by atoms with van der Waals surface area (Å²) in [5, 5.41) is 4.32. The first kappa shape index (κ1) is 23.7. The molecule has 34 heavy (non-hydrogen) atoms. The Bertz CT molecular complexity index is 1200. The van der Waals surface area contributed by atoms with E-state index in [2.05, 4.69) is 15.3 Å². The SMILES string of the molecule is CN=C(N)c1cc(Oc2ccc3nc(N[C@H]4CCCN(C(=O)OC(C)(C)C)C4)sc3c2)ccn1. The minimum atomic E-state index is -0.502. The van der Waals surface area contributed by atoms with Gasteiger partial charge in [0.25, 0.3) is 0 Å². The maximum atomic E-state index is 12.4. The molecule has 0 spiro atoms. The fourth-order valence-electron chi connectivity index (χ4n) is 3.66. The number of aliphatic imine (C=N–C) groups is 1. The van der Waals surface area contributed by atoms with Crippen LogP contribution in [-0.2, 0) is 4.74 Å². The number of benzene rings is 1. The van der Waals surface area contributed by atoms with Gasteiger partial charge in [0.1, 0.15) is 28.6 Å². The standard InChI is InChI=1S/C24H30N6O3S/c1-24(2,3)33-23(31)30-11-5-6-15(14-30)28-22-29-18-8-7-16(13-20(18)34-22)32-17-9-10-27-19(12-17)21(25)26-4/h7-10,12-13,15H,5-6,11,14H2,1-4H3,(H2,25,26)(H,28,29)/t15-/m0/s1. The third kappa shape index (κ3) is 5.93. The van der Waals surface area contributed by atoms with Crippen molar-refractivity contribution < 1.29 is 14.3 Å². The summed E-state index contributed by atoms with van der Waals surface area (Å²) in [7, 11) is 1.62. The maximum Gasteiger partial charge on any atom is 0.410 e. The molecule has 1 atom stereocenters. The third-order valence-electron chi connectivity index (χ3n) is 5.23. The van der Waals surface area contributed by atoms with Crippen LogP contribution in [0.25, 0.3) is 10.2 Å². The van der Waals surface area contributed by atoms with Gasteiger partial charge in [-0.2, -0.15) is 0 Å². The van der Waals surface area contributed by atoms with Gasteiger partial charge in [0, 0.05) is 44.5 Å². The number of hydrogen-bond acceptors (Lipinski definition) is 8. The number of anilines is 1. The van der Waals surface area contributed by atoms with Gasteiger partial charge in [-0.3, -0.25) is 9.98 Å². The first-order chi connectivity index (χ1) is 16.2. The Labute approximate surface area is 203 Å². The number of carbonyl (C=O) groups is 1. The first-order valence-electron chi connectivity index (χ1n) is 11.2. The lowest BCUT2D eigenvalue weighted by Gasteiger charge is -2.34. The van der Waals surface area contributed by atoms with E-state index in [-0.39, 0.29) is 12.1 Å². The molecule has 0 unspecified atom stereocenters. The summed E-state index contributed by atoms with van der Waals surface area (Å²) in [6.45, 7) is 6.94. The zero-order chi connectivity index (χ0) is 24.3. The number of amidine groups is 1. The summed E-state index contributed by atoms with van der Waals surface area (Å²) in [5.41, 5.74) is 6.80. The van der Waals surface area contributed by atoms with Crippen LogP contribution in [0.3, 0.4) is 0 Å². The van der Waals surface area contributed by atoms with Crippen molar-refractivity contribution in [2.45, 2.75) is 45.3 Å². The van der Waals surface area contributed by atoms with Crippen LogP contribution in [0.15, 0.2) is 41.5 Å². The number of nitrogens with two attached hydrogens (primary N) is 1. The molecular weight excluding hydrogens is 452 g/mol. The smallest absolute Gasteiger partial charge is 0.410 e. The molecule has 1 saturated heterocycles. The number of pyridine rings is 1. The molecule has 180 valence electrons. The van der Waals surface area contributed by atoms with Gasteiger partial charge >= 0.3 is 6.09 Å². The zero-order valence-electron chi connectivity index (χ0n) is 19.9. The van der Waals surface area contributed by atoms with Gasteiger partial charge in [-0.1, -0.05) is 11.3 Å². The van der Waals surface area contributed by atoms with E-state index in [1.165, 1.54) is 0 Å². The fraction of sp³-hybridized carbons (Fsp3) is 0.417. The van der Waals surface area contributed by atoms with Crippen LogP contribution in [0.2, 0.25) is 0 Å². The van der Waals surface area contributed by atoms with Crippen molar-refractivity contribution in [1.82, 2.24) is 14.9 Å². The monoisotopic (exact) mass is 482 g/mol. The second-order valence-electron chi connectivity index (χ2n) is 9.15. The van der Waals surface area contributed by atoms with Crippen LogP contribution in [-0.4, -0.2) is 58.6 Å². The number of piperidine rings is 1. The Kier molecular flexibility index (Phi) is 6.87. The summed E-state index contributed by atoms with van der Waals surface area (Å²) in [6.07, 6.45) is 3.26. The summed E-state index contributed by atoms with van der Waals surface area (Å²) in [6, 6.07) is 9.43. The average Bonchev–Trinajstić information content (AvgIpc) is 3.19. The Morgan fingerprint density at radius 2 is 2.06 bits per heavy atom. The van der Waals surface area contributed by atoms with Crippen molar-refractivity contribution in [2.75, 3.05) is 25.5 Å². The third-order valence-corrected chi connectivity index (χ3v) is 6.18. The molecule has 1 aliphatic heterocycles. The molecule has 3 N–H and O–H groups in total. The van der Waals surface area contributed by atoms with Gasteiger partial charge in [-0.25, -0.2) is 9.78 Å². The minimum absolute atomic E-state index is 0.124. The molecule has 0 radical (unpaired) electrons. The van der Waals surface area contributed by atoms with E-state index in [0.717, 1.165) is 28.2 Å². The largest absolute Gasteiger partial charge is 0.457 e. The number of fused-ring (bicyclic) bond motifs is 1. The highest BCUT2D eigenvalue weighted by atomic mass is 32.1. The van der Waals surface area contributed by atoms with Crippen molar-refractivity contribution in [1.29, 1.82) is 0 Å². The number of aromatic nitrogens is 2. The van der Waals surface area contributed by atoms with Crippen LogP contribution in [0.4, 0.5) is 9.93 Å². The molecule has 1 aliphatic rings. The van der Waals surface area contributed by atoms with Crippen LogP contribution in [0, 0.1) is 0 Å². The molecule has 1 aromatic carbocycles. The van der Waals surface area contributed by atoms with Gasteiger partial charge in [-0.15, -0.1) is 0 Å². The van der Waals surface area contributed by atoms with Gasteiger partial charge in [0.15, 0.2) is 5.13 Å². The molecule has 0 aliphatic carbocycles. The molecule has 2 aromatic heterocycles. The van der Waals surface area contributed by atoms with Crippen molar-refractivity contribution >= 4 is 38.6 Å². The molecule has 1 amide bonds. The molecule has 3 aromatic rings. The van der Waals surface area contributed by atoms with Crippen LogP contribution in [0.5, 0.6) is 11.5 Å². The molecule has 4 rings (SSSR count). The van der Waals surface area contributed by atoms with E-state index in [9.17, 15) is 4.79 Å². The highest BCUT2D eigenvalue weighted by Gasteiger charge is 2.28. The molecule has 0 saturated carbocycles. The van der Waals surface area contributed by atoms with E-state index in [1.54, 1.807) is 41.6 Å². The average molecular weight is 483 g/mol. The Morgan fingerprint density at radius 1 is 1.26 bits per heavy atom. The lowest BCUT2D eigenvalue weighted by atomic mass is 10.1. The number of carbonyl (C=O) groups excluding carboxylic acids is 1. The molecular formula is C24H30N6O3S. The van der Waals surface area contributed by atoms with Gasteiger partial charge in [0.05, 0.1) is 10.2 Å². The predicted molar refractivity (Wildman–Crippen MR) is 135 cm³/mol. The summed E-state index contributed by atoms with van der Waals surface area (Å²) < 4.78 is 12.5. The van der Waals surface area contributed by atoms with Crippen molar-refractivity contribution in [3.8, 4) is 11.5 Å². The normalized spacial score (nSPS) is 17.0. The zero-order valence-corrected chi connectivity index (χ0v) is 20.7. The topological polar surface area (TPSA) is 115 Å². The second kappa shape index (κ2) is 9.84. The van der Waals surface area contributed by atoms with Crippen LogP contribution in [0.1, 0.15) is 39.3 Å². The lowest BCUT2D eigenvalue weighted by molar-refractivity contribution is 0.0206. The number of nitrogens with one attached hydrogen (secondary N) is 1. The summed E-state index contributed by atoms with van der Waals surface area (Å²) in [5.74, 6) is 1.68. The van der Waals surface area contributed by atoms with Crippen molar-refractivity contribution in [2.24, 2.45) is 10.7 Å². The quantitative estimate of drug-likeness (QED) is 0.402. The number of nitrogens with zero attached hydrogens (tertiary/aromatic N) is 4. The number of amides is 1. The maximum absolute atomic E-state index is 12.4. The van der Waals surface area contributed by atoms with E-state index in [4.69, 9.17) is 20.2 Å². The molecule has 1 fully saturated rings. The Balaban J connectivity index is 1.43. The summed E-state index contributed by atoms with van der Waals surface area (Å²) in [4.78, 5) is 27.1.